The van der Waals surface area contributed by atoms with Gasteiger partial charge < -0.3 is 5.73 Å². The van der Waals surface area contributed by atoms with Gasteiger partial charge in [0, 0.05) is 18.3 Å². The Kier molecular flexibility index (Phi) is 2.86. The second-order valence-corrected chi connectivity index (χ2v) is 2.51. The van der Waals surface area contributed by atoms with Crippen molar-refractivity contribution in [2.45, 2.75) is 18.9 Å². The Bertz CT molecular complexity index is 197. The van der Waals surface area contributed by atoms with Crippen molar-refractivity contribution in [1.29, 1.82) is 0 Å². The summed E-state index contributed by atoms with van der Waals surface area (Å²) in [5.74, 6) is -0.178. The zero-order chi connectivity index (χ0) is 8.10. The maximum atomic E-state index is 10.2. The largest absolute Gasteiger partial charge is 0.328 e. The predicted octanol–water partition coefficient (Wildman–Crippen LogP) is 1.33. The normalized spacial score (nSPS) is 15.0. The number of aromatic nitrogens is 1. The highest BCUT2D eigenvalue weighted by molar-refractivity contribution is 5.05. The summed E-state index contributed by atoms with van der Waals surface area (Å²) in [6.07, 6.45) is 4.00. The van der Waals surface area contributed by atoms with Crippen molar-refractivity contribution in [2.75, 3.05) is 0 Å². The van der Waals surface area contributed by atoms with Crippen LogP contribution in [-0.2, 0) is 5.11 Å². The van der Waals surface area contributed by atoms with Gasteiger partial charge in [-0.25, -0.2) is 4.98 Å². The summed E-state index contributed by atoms with van der Waals surface area (Å²) >= 11 is 0. The van der Waals surface area contributed by atoms with Crippen LogP contribution in [0.5, 0.6) is 5.88 Å². The van der Waals surface area contributed by atoms with E-state index >= 15 is 0 Å². The first kappa shape index (κ1) is 8.01. The summed E-state index contributed by atoms with van der Waals surface area (Å²) < 4.78 is 0. The van der Waals surface area contributed by atoms with E-state index in [0.29, 0.717) is 6.04 Å². The van der Waals surface area contributed by atoms with Crippen LogP contribution in [0.1, 0.15) is 12.8 Å². The topological polar surface area (TPSA) is 58.8 Å². The van der Waals surface area contributed by atoms with Crippen LogP contribution in [0.3, 0.4) is 0 Å². The van der Waals surface area contributed by atoms with Crippen molar-refractivity contribution >= 4 is 0 Å². The molecule has 11 heavy (non-hydrogen) atoms. The maximum absolute atomic E-state index is 10.2. The van der Waals surface area contributed by atoms with Crippen molar-refractivity contribution in [3.63, 3.8) is 0 Å². The highest BCUT2D eigenvalue weighted by Gasteiger charge is 2.13. The molecule has 1 aliphatic carbocycles. The van der Waals surface area contributed by atoms with Crippen LogP contribution in [0.25, 0.3) is 0 Å². The van der Waals surface area contributed by atoms with E-state index in [4.69, 9.17) is 5.73 Å². The molecule has 1 aromatic rings. The summed E-state index contributed by atoms with van der Waals surface area (Å²) in [7, 11) is 0. The van der Waals surface area contributed by atoms with E-state index in [0.717, 1.165) is 0 Å². The van der Waals surface area contributed by atoms with E-state index in [2.05, 4.69) is 4.98 Å². The van der Waals surface area contributed by atoms with Gasteiger partial charge in [0.1, 0.15) is 0 Å². The SMILES string of the molecule is NC1CC1.[O]c1ccccn1. The Morgan fingerprint density at radius 3 is 2.27 bits per heavy atom. The lowest BCUT2D eigenvalue weighted by molar-refractivity contribution is 0.337. The molecule has 1 aliphatic rings. The highest BCUT2D eigenvalue weighted by Crippen LogP contribution is 2.13. The molecule has 0 spiro atoms. The first-order valence-electron chi connectivity index (χ1n) is 3.62. The van der Waals surface area contributed by atoms with Crippen LogP contribution < -0.4 is 5.73 Å². The van der Waals surface area contributed by atoms with Crippen LogP contribution in [0.15, 0.2) is 24.4 Å². The van der Waals surface area contributed by atoms with Crippen molar-refractivity contribution in [3.05, 3.63) is 24.4 Å². The van der Waals surface area contributed by atoms with Gasteiger partial charge in [0.05, 0.1) is 0 Å². The van der Waals surface area contributed by atoms with Gasteiger partial charge in [0.25, 0.3) is 5.88 Å². The lowest BCUT2D eigenvalue weighted by atomic mass is 10.5. The summed E-state index contributed by atoms with van der Waals surface area (Å²) in [6, 6.07) is 5.37. The molecule has 0 atom stereocenters. The number of hydrogen-bond donors (Lipinski definition) is 1. The van der Waals surface area contributed by atoms with Crippen LogP contribution in [0, 0.1) is 0 Å². The van der Waals surface area contributed by atoms with E-state index in [-0.39, 0.29) is 5.88 Å². The Labute approximate surface area is 65.9 Å². The van der Waals surface area contributed by atoms with Crippen LogP contribution in [0.4, 0.5) is 0 Å². The van der Waals surface area contributed by atoms with E-state index in [9.17, 15) is 5.11 Å². The smallest absolute Gasteiger partial charge is 0.269 e. The molecule has 1 heterocycles. The third-order valence-corrected chi connectivity index (χ3v) is 1.26. The highest BCUT2D eigenvalue weighted by atomic mass is 16.3. The average Bonchev–Trinajstić information content (AvgIpc) is 2.75. The molecule has 2 N–H and O–H groups in total. The average molecular weight is 151 g/mol. The molecule has 3 nitrogen and oxygen atoms in total. The second-order valence-electron chi connectivity index (χ2n) is 2.51. The van der Waals surface area contributed by atoms with E-state index in [1.165, 1.54) is 25.1 Å². The van der Waals surface area contributed by atoms with E-state index in [1.54, 1.807) is 12.1 Å². The minimum Gasteiger partial charge on any atom is -0.328 e. The molecule has 0 unspecified atom stereocenters. The number of rotatable bonds is 0. The van der Waals surface area contributed by atoms with Gasteiger partial charge >= 0.3 is 0 Å². The lowest BCUT2D eigenvalue weighted by Crippen LogP contribution is -1.94. The van der Waals surface area contributed by atoms with E-state index in [1.807, 2.05) is 0 Å². The Morgan fingerprint density at radius 1 is 1.45 bits per heavy atom. The van der Waals surface area contributed by atoms with Gasteiger partial charge in [-0.05, 0) is 18.9 Å². The monoisotopic (exact) mass is 151 g/mol. The predicted molar refractivity (Wildman–Crippen MR) is 41.6 cm³/mol. The zero-order valence-electron chi connectivity index (χ0n) is 6.23. The van der Waals surface area contributed by atoms with Crippen molar-refractivity contribution in [2.24, 2.45) is 5.73 Å². The number of nitrogens with zero attached hydrogens (tertiary/aromatic N) is 1. The molecule has 0 saturated heterocycles. The van der Waals surface area contributed by atoms with Gasteiger partial charge in [0.15, 0.2) is 0 Å². The van der Waals surface area contributed by atoms with Gasteiger partial charge in [-0.3, -0.25) is 5.11 Å². The van der Waals surface area contributed by atoms with Crippen LogP contribution in [0.2, 0.25) is 0 Å². The standard InChI is InChI=1S/C5H4NO.C3H7N/c7-5-3-1-2-4-6-5;4-3-1-2-3/h1-4H;3H,1-2,4H2. The van der Waals surface area contributed by atoms with Crippen molar-refractivity contribution in [3.8, 4) is 5.88 Å². The molecule has 1 radical (unpaired) electrons. The molecule has 0 amide bonds. The molecule has 1 aromatic heterocycles. The van der Waals surface area contributed by atoms with Crippen LogP contribution >= 0.6 is 0 Å². The van der Waals surface area contributed by atoms with Gasteiger partial charge in [-0.15, -0.1) is 0 Å². The fourth-order valence-corrected chi connectivity index (χ4v) is 0.443. The number of pyridine rings is 1. The minimum atomic E-state index is -0.178. The molecular weight excluding hydrogens is 140 g/mol. The maximum Gasteiger partial charge on any atom is 0.269 e. The third-order valence-electron chi connectivity index (χ3n) is 1.26. The molecule has 3 heteroatoms. The molecule has 1 fully saturated rings. The van der Waals surface area contributed by atoms with Gasteiger partial charge in [0.2, 0.25) is 0 Å². The summed E-state index contributed by atoms with van der Waals surface area (Å²) in [5, 5.41) is 10.2. The Balaban J connectivity index is 0.000000128. The molecule has 0 aromatic carbocycles. The Morgan fingerprint density at radius 2 is 2.09 bits per heavy atom. The van der Waals surface area contributed by atoms with Gasteiger partial charge in [-0.1, -0.05) is 6.07 Å². The fraction of sp³-hybridized carbons (Fsp3) is 0.375. The van der Waals surface area contributed by atoms with Gasteiger partial charge in [-0.2, -0.15) is 0 Å². The summed E-state index contributed by atoms with van der Waals surface area (Å²) in [4.78, 5) is 3.42. The molecular formula is C8H11N2O. The van der Waals surface area contributed by atoms with Crippen molar-refractivity contribution in [1.82, 2.24) is 4.98 Å². The number of nitrogens with two attached hydrogens (primary N) is 1. The summed E-state index contributed by atoms with van der Waals surface area (Å²) in [6.45, 7) is 0. The third kappa shape index (κ3) is 4.33. The second kappa shape index (κ2) is 3.93. The molecule has 0 bridgehead atoms. The minimum absolute atomic E-state index is 0.178. The lowest BCUT2D eigenvalue weighted by Gasteiger charge is -1.77. The quantitative estimate of drug-likeness (QED) is 0.608. The van der Waals surface area contributed by atoms with Crippen LogP contribution in [-0.4, -0.2) is 11.0 Å². The first-order valence-corrected chi connectivity index (χ1v) is 3.62. The zero-order valence-corrected chi connectivity index (χ0v) is 6.23. The molecule has 59 valence electrons. The molecule has 1 saturated carbocycles. The number of hydrogen-bond acceptors (Lipinski definition) is 2. The van der Waals surface area contributed by atoms with Crippen molar-refractivity contribution < 1.29 is 5.11 Å². The molecule has 0 aliphatic heterocycles. The summed E-state index contributed by atoms with van der Waals surface area (Å²) in [5.41, 5.74) is 5.22. The molecule has 2 rings (SSSR count). The first-order chi connectivity index (χ1) is 5.29. The Hall–Kier alpha value is -1.09. The fourth-order valence-electron chi connectivity index (χ4n) is 0.443. The van der Waals surface area contributed by atoms with E-state index < -0.39 is 0 Å².